The van der Waals surface area contributed by atoms with Gasteiger partial charge in [0.2, 0.25) is 17.7 Å². The number of amides is 3. The molecule has 1 aliphatic heterocycles. The van der Waals surface area contributed by atoms with Crippen LogP contribution in [0, 0.1) is 11.3 Å². The van der Waals surface area contributed by atoms with E-state index in [-0.39, 0.29) is 30.1 Å². The van der Waals surface area contributed by atoms with E-state index in [0.29, 0.717) is 30.6 Å². The first-order valence-electron chi connectivity index (χ1n) is 14.8. The fraction of sp³-hybridized carbons (Fsp3) is 0.515. The highest BCUT2D eigenvalue weighted by Crippen LogP contribution is 2.42. The van der Waals surface area contributed by atoms with Gasteiger partial charge in [0, 0.05) is 38.2 Å². The molecule has 226 valence electrons. The first kappa shape index (κ1) is 31.2. The van der Waals surface area contributed by atoms with E-state index in [1.807, 2.05) is 56.3 Å². The van der Waals surface area contributed by atoms with Gasteiger partial charge < -0.3 is 20.5 Å². The molecule has 42 heavy (non-hydrogen) atoms. The minimum atomic E-state index is -1.21. The summed E-state index contributed by atoms with van der Waals surface area (Å²) in [4.78, 5) is 53.7. The number of methoxy groups -OCH3 is 1. The Labute approximate surface area is 248 Å². The Morgan fingerprint density at radius 1 is 1.05 bits per heavy atom. The lowest BCUT2D eigenvalue weighted by molar-refractivity contribution is -0.144. The maximum atomic E-state index is 13.4. The second-order valence-electron chi connectivity index (χ2n) is 12.1. The van der Waals surface area contributed by atoms with E-state index in [4.69, 9.17) is 4.74 Å². The molecule has 9 nitrogen and oxygen atoms in total. The van der Waals surface area contributed by atoms with Crippen LogP contribution in [0.3, 0.4) is 0 Å². The van der Waals surface area contributed by atoms with Crippen molar-refractivity contribution in [2.24, 2.45) is 11.3 Å². The molecule has 0 spiro atoms. The summed E-state index contributed by atoms with van der Waals surface area (Å²) in [5.41, 5.74) is 0.343. The van der Waals surface area contributed by atoms with Crippen molar-refractivity contribution in [3.63, 3.8) is 0 Å². The van der Waals surface area contributed by atoms with E-state index in [2.05, 4.69) is 10.6 Å². The Hall–Kier alpha value is -3.72. The SMILES string of the molecule is COCCC1(C(=O)N[C@@H](Cc2ccc([C@]3(c4ccccc4)NC(=O)[C@@H](CC(C)C)N3C(C)=O)cc2)C(=O)O)CCCC1. The molecule has 0 radical (unpaired) electrons. The summed E-state index contributed by atoms with van der Waals surface area (Å²) in [6.07, 6.45) is 4.50. The Morgan fingerprint density at radius 2 is 1.67 bits per heavy atom. The average molecular weight is 578 g/mol. The third-order valence-corrected chi connectivity index (χ3v) is 8.75. The third kappa shape index (κ3) is 6.21. The van der Waals surface area contributed by atoms with Gasteiger partial charge in [-0.3, -0.25) is 19.3 Å². The van der Waals surface area contributed by atoms with E-state index < -0.39 is 29.1 Å². The van der Waals surface area contributed by atoms with Crippen molar-refractivity contribution in [1.82, 2.24) is 15.5 Å². The molecule has 0 unspecified atom stereocenters. The van der Waals surface area contributed by atoms with Crippen molar-refractivity contribution in [2.45, 2.75) is 83.5 Å². The number of carbonyl (C=O) groups is 4. The number of carboxylic acids is 1. The lowest BCUT2D eigenvalue weighted by Gasteiger charge is -2.40. The van der Waals surface area contributed by atoms with Gasteiger partial charge in [0.15, 0.2) is 5.66 Å². The zero-order valence-electron chi connectivity index (χ0n) is 25.0. The molecular formula is C33H43N3O6. The summed E-state index contributed by atoms with van der Waals surface area (Å²) in [6.45, 7) is 5.96. The zero-order valence-corrected chi connectivity index (χ0v) is 25.0. The zero-order chi connectivity index (χ0) is 30.5. The standard InChI is InChI=1S/C33H43N3O6/c1-22(2)20-28-29(38)35-33(36(28)23(3)37,25-10-6-5-7-11-25)26-14-12-24(13-15-26)21-27(30(39)40)34-31(41)32(18-19-42-4)16-8-9-17-32/h5-7,10-15,22,27-28H,8-9,16-21H2,1-4H3,(H,34,41)(H,35,38)(H,39,40)/t27-,28+,33+/m0/s1. The normalized spacial score (nSPS) is 22.2. The second kappa shape index (κ2) is 13.1. The summed E-state index contributed by atoms with van der Waals surface area (Å²) in [7, 11) is 1.60. The van der Waals surface area contributed by atoms with Crippen molar-refractivity contribution in [2.75, 3.05) is 13.7 Å². The summed E-state index contributed by atoms with van der Waals surface area (Å²) < 4.78 is 5.23. The molecule has 1 aliphatic carbocycles. The van der Waals surface area contributed by atoms with Crippen LogP contribution in [0.4, 0.5) is 0 Å². The minimum absolute atomic E-state index is 0.0960. The van der Waals surface area contributed by atoms with E-state index in [0.717, 1.165) is 31.2 Å². The lowest BCUT2D eigenvalue weighted by Crippen LogP contribution is -2.53. The van der Waals surface area contributed by atoms with Crippen LogP contribution in [0.1, 0.15) is 76.0 Å². The highest BCUT2D eigenvalue weighted by molar-refractivity contribution is 5.93. The summed E-state index contributed by atoms with van der Waals surface area (Å²) >= 11 is 0. The number of nitrogens with one attached hydrogen (secondary N) is 2. The van der Waals surface area contributed by atoms with Crippen LogP contribution < -0.4 is 10.6 Å². The summed E-state index contributed by atoms with van der Waals surface area (Å²) in [5, 5.41) is 16.0. The maximum Gasteiger partial charge on any atom is 0.326 e. The fourth-order valence-corrected chi connectivity index (χ4v) is 6.62. The Kier molecular flexibility index (Phi) is 9.71. The predicted octanol–water partition coefficient (Wildman–Crippen LogP) is 3.99. The molecule has 3 atom stereocenters. The van der Waals surface area contributed by atoms with Crippen molar-refractivity contribution < 1.29 is 29.0 Å². The molecule has 3 N–H and O–H groups in total. The molecule has 2 fully saturated rings. The Balaban J connectivity index is 1.63. The van der Waals surface area contributed by atoms with Crippen molar-refractivity contribution in [3.8, 4) is 0 Å². The first-order chi connectivity index (χ1) is 20.0. The smallest absolute Gasteiger partial charge is 0.326 e. The minimum Gasteiger partial charge on any atom is -0.480 e. The highest BCUT2D eigenvalue weighted by atomic mass is 16.5. The largest absolute Gasteiger partial charge is 0.480 e. The van der Waals surface area contributed by atoms with Crippen LogP contribution in [0.15, 0.2) is 54.6 Å². The molecule has 1 saturated carbocycles. The fourth-order valence-electron chi connectivity index (χ4n) is 6.62. The Bertz CT molecular complexity index is 1270. The average Bonchev–Trinajstić information content (AvgIpc) is 3.56. The van der Waals surface area contributed by atoms with Gasteiger partial charge in [-0.15, -0.1) is 0 Å². The van der Waals surface area contributed by atoms with E-state index in [1.54, 1.807) is 24.1 Å². The van der Waals surface area contributed by atoms with E-state index in [1.165, 1.54) is 6.92 Å². The summed E-state index contributed by atoms with van der Waals surface area (Å²) in [5.74, 6) is -1.58. The van der Waals surface area contributed by atoms with Gasteiger partial charge in [0.25, 0.3) is 0 Å². The quantitative estimate of drug-likeness (QED) is 0.350. The molecule has 1 saturated heterocycles. The van der Waals surface area contributed by atoms with Gasteiger partial charge in [-0.25, -0.2) is 4.79 Å². The molecule has 2 aliphatic rings. The van der Waals surface area contributed by atoms with Crippen molar-refractivity contribution in [3.05, 3.63) is 71.3 Å². The molecule has 9 heteroatoms. The van der Waals surface area contributed by atoms with Gasteiger partial charge in [0.05, 0.1) is 5.41 Å². The van der Waals surface area contributed by atoms with Gasteiger partial charge in [-0.05, 0) is 37.2 Å². The van der Waals surface area contributed by atoms with Crippen molar-refractivity contribution >= 4 is 23.7 Å². The number of benzene rings is 2. The second-order valence-corrected chi connectivity index (χ2v) is 12.1. The van der Waals surface area contributed by atoms with Crippen LogP contribution in [-0.4, -0.2) is 59.5 Å². The van der Waals surface area contributed by atoms with Crippen LogP contribution in [0.5, 0.6) is 0 Å². The number of ether oxygens (including phenoxy) is 1. The number of hydrogen-bond acceptors (Lipinski definition) is 5. The molecular weight excluding hydrogens is 534 g/mol. The lowest BCUT2D eigenvalue weighted by atomic mass is 9.81. The molecule has 0 bridgehead atoms. The number of rotatable bonds is 12. The van der Waals surface area contributed by atoms with E-state index in [9.17, 15) is 24.3 Å². The van der Waals surface area contributed by atoms with Crippen LogP contribution in [0.25, 0.3) is 0 Å². The number of hydrogen-bond donors (Lipinski definition) is 3. The van der Waals surface area contributed by atoms with Gasteiger partial charge in [-0.1, -0.05) is 81.3 Å². The van der Waals surface area contributed by atoms with Crippen LogP contribution in [0.2, 0.25) is 0 Å². The molecule has 0 aromatic heterocycles. The van der Waals surface area contributed by atoms with E-state index >= 15 is 0 Å². The number of carbonyl (C=O) groups excluding carboxylic acids is 3. The van der Waals surface area contributed by atoms with Crippen LogP contribution in [-0.2, 0) is 36.0 Å². The highest BCUT2D eigenvalue weighted by Gasteiger charge is 2.54. The molecule has 2 aromatic carbocycles. The van der Waals surface area contributed by atoms with Crippen molar-refractivity contribution in [1.29, 1.82) is 0 Å². The first-order valence-corrected chi connectivity index (χ1v) is 14.8. The topological polar surface area (TPSA) is 125 Å². The molecule has 2 aromatic rings. The molecule has 3 amide bonds. The van der Waals surface area contributed by atoms with Gasteiger partial charge in [-0.2, -0.15) is 0 Å². The number of nitrogens with zero attached hydrogens (tertiary/aromatic N) is 1. The van der Waals surface area contributed by atoms with Gasteiger partial charge in [0.1, 0.15) is 12.1 Å². The predicted molar refractivity (Wildman–Crippen MR) is 158 cm³/mol. The number of carboxylic acid groups (broad SMARTS) is 1. The summed E-state index contributed by atoms with van der Waals surface area (Å²) in [6, 6.07) is 14.9. The van der Waals surface area contributed by atoms with Crippen LogP contribution >= 0.6 is 0 Å². The number of aliphatic carboxylic acids is 1. The molecule has 4 rings (SSSR count). The van der Waals surface area contributed by atoms with Gasteiger partial charge >= 0.3 is 5.97 Å². The third-order valence-electron chi connectivity index (χ3n) is 8.75. The monoisotopic (exact) mass is 577 g/mol. The Morgan fingerprint density at radius 3 is 2.21 bits per heavy atom. The maximum absolute atomic E-state index is 13.4. The molecule has 1 heterocycles.